The van der Waals surface area contributed by atoms with Gasteiger partial charge in [-0.3, -0.25) is 4.79 Å². The predicted octanol–water partition coefficient (Wildman–Crippen LogP) is 0.547. The van der Waals surface area contributed by atoms with E-state index in [4.69, 9.17) is 0 Å². The minimum absolute atomic E-state index is 0.122. The number of nitrogens with one attached hydrogen (secondary N) is 2. The predicted molar refractivity (Wildman–Crippen MR) is 84.4 cm³/mol. The van der Waals surface area contributed by atoms with Crippen molar-refractivity contribution in [2.75, 3.05) is 11.9 Å². The fourth-order valence-corrected chi connectivity index (χ4v) is 2.83. The Kier molecular flexibility index (Phi) is 3.60. The van der Waals surface area contributed by atoms with E-state index in [0.717, 1.165) is 12.8 Å². The smallest absolute Gasteiger partial charge is 0.319 e. The molecule has 1 unspecified atom stereocenters. The second-order valence-corrected chi connectivity index (χ2v) is 6.00. The van der Waals surface area contributed by atoms with Crippen LogP contribution in [0.5, 0.6) is 0 Å². The minimum atomic E-state index is -0.348. The van der Waals surface area contributed by atoms with Crippen molar-refractivity contribution in [1.82, 2.24) is 30.0 Å². The van der Waals surface area contributed by atoms with Gasteiger partial charge in [0.2, 0.25) is 11.9 Å². The lowest BCUT2D eigenvalue weighted by Crippen LogP contribution is -2.40. The van der Waals surface area contributed by atoms with Crippen molar-refractivity contribution in [1.29, 1.82) is 0 Å². The molecule has 4 rings (SSSR count). The van der Waals surface area contributed by atoms with Gasteiger partial charge in [0.25, 0.3) is 0 Å². The lowest BCUT2D eigenvalue weighted by molar-refractivity contribution is -0.128. The molecule has 2 N–H and O–H groups in total. The molecule has 3 heterocycles. The Morgan fingerprint density at radius 1 is 1.25 bits per heavy atom. The maximum Gasteiger partial charge on any atom is 0.319 e. The van der Waals surface area contributed by atoms with Crippen LogP contribution in [0.15, 0.2) is 30.9 Å². The van der Waals surface area contributed by atoms with Gasteiger partial charge in [-0.05, 0) is 18.9 Å². The molecule has 9 nitrogen and oxygen atoms in total. The first-order chi connectivity index (χ1) is 11.7. The molecule has 2 aromatic rings. The number of hydrogen-bond donors (Lipinski definition) is 2. The fraction of sp³-hybridized carbons (Fsp3) is 0.400. The summed E-state index contributed by atoms with van der Waals surface area (Å²) in [6.45, 7) is 0.591. The summed E-state index contributed by atoms with van der Waals surface area (Å²) < 4.78 is 1.48. The van der Waals surface area contributed by atoms with E-state index < -0.39 is 0 Å². The molecule has 124 valence electrons. The highest BCUT2D eigenvalue weighted by atomic mass is 16.2. The molecular weight excluding hydrogens is 310 g/mol. The summed E-state index contributed by atoms with van der Waals surface area (Å²) in [6, 6.07) is 1.61. The van der Waals surface area contributed by atoms with Crippen molar-refractivity contribution in [3.8, 4) is 5.95 Å². The van der Waals surface area contributed by atoms with Gasteiger partial charge in [-0.2, -0.15) is 5.10 Å². The number of urea groups is 1. The normalized spacial score (nSPS) is 20.2. The summed E-state index contributed by atoms with van der Waals surface area (Å²) in [5.41, 5.74) is 0.531. The molecule has 2 fully saturated rings. The number of nitrogens with zero attached hydrogens (tertiary/aromatic N) is 5. The summed E-state index contributed by atoms with van der Waals surface area (Å²) in [7, 11) is 0. The van der Waals surface area contributed by atoms with E-state index in [9.17, 15) is 9.59 Å². The molecule has 0 bridgehead atoms. The van der Waals surface area contributed by atoms with E-state index in [-0.39, 0.29) is 18.0 Å². The molecule has 0 radical (unpaired) electrons. The van der Waals surface area contributed by atoms with Crippen LogP contribution in [0.1, 0.15) is 19.3 Å². The monoisotopic (exact) mass is 327 g/mol. The molecule has 9 heteroatoms. The maximum absolute atomic E-state index is 12.1. The Morgan fingerprint density at radius 2 is 2.04 bits per heavy atom. The average Bonchev–Trinajstić information content (AvgIpc) is 3.21. The summed E-state index contributed by atoms with van der Waals surface area (Å²) >= 11 is 0. The number of rotatable bonds is 4. The van der Waals surface area contributed by atoms with Crippen LogP contribution >= 0.6 is 0 Å². The van der Waals surface area contributed by atoms with Gasteiger partial charge >= 0.3 is 6.03 Å². The second-order valence-electron chi connectivity index (χ2n) is 6.00. The van der Waals surface area contributed by atoms with Crippen molar-refractivity contribution >= 4 is 17.6 Å². The van der Waals surface area contributed by atoms with Crippen molar-refractivity contribution in [3.63, 3.8) is 0 Å². The molecule has 0 spiro atoms. The molecule has 2 aromatic heterocycles. The first kappa shape index (κ1) is 14.6. The number of carbonyl (C=O) groups is 2. The number of aromatic nitrogens is 4. The van der Waals surface area contributed by atoms with E-state index in [1.54, 1.807) is 24.7 Å². The summed E-state index contributed by atoms with van der Waals surface area (Å²) in [5, 5.41) is 9.67. The standard InChI is InChI=1S/C15H17N7O2/c23-13-6-10(8-21(13)12-2-3-12)19-15(24)20-11-7-18-22(9-11)14-16-4-1-5-17-14/h1,4-5,7,9-10,12H,2-3,6,8H2,(H2,19,20,24). The number of carbonyl (C=O) groups excluding carboxylic acids is 2. The number of anilines is 1. The number of amides is 3. The van der Waals surface area contributed by atoms with Crippen molar-refractivity contribution < 1.29 is 9.59 Å². The quantitative estimate of drug-likeness (QED) is 0.853. The Hall–Kier alpha value is -2.97. The Morgan fingerprint density at radius 3 is 2.79 bits per heavy atom. The van der Waals surface area contributed by atoms with Crippen molar-refractivity contribution in [3.05, 3.63) is 30.9 Å². The highest BCUT2D eigenvalue weighted by Crippen LogP contribution is 2.30. The summed E-state index contributed by atoms with van der Waals surface area (Å²) in [5.74, 6) is 0.546. The lowest BCUT2D eigenvalue weighted by Gasteiger charge is -2.16. The van der Waals surface area contributed by atoms with Gasteiger partial charge in [0.05, 0.1) is 24.1 Å². The Labute approximate surface area is 138 Å². The van der Waals surface area contributed by atoms with Crippen LogP contribution in [-0.2, 0) is 4.79 Å². The van der Waals surface area contributed by atoms with Crippen LogP contribution in [0, 0.1) is 0 Å². The van der Waals surface area contributed by atoms with Gasteiger partial charge in [0, 0.05) is 31.4 Å². The second kappa shape index (κ2) is 5.91. The van der Waals surface area contributed by atoms with Crippen LogP contribution in [0.25, 0.3) is 5.95 Å². The van der Waals surface area contributed by atoms with Crippen molar-refractivity contribution in [2.24, 2.45) is 0 Å². The van der Waals surface area contributed by atoms with Gasteiger partial charge in [0.15, 0.2) is 0 Å². The Balaban J connectivity index is 1.33. The van der Waals surface area contributed by atoms with Crippen LogP contribution in [0.3, 0.4) is 0 Å². The minimum Gasteiger partial charge on any atom is -0.338 e. The largest absolute Gasteiger partial charge is 0.338 e. The molecule has 1 saturated heterocycles. The zero-order valence-corrected chi connectivity index (χ0v) is 12.9. The molecule has 2 aliphatic rings. The third-order valence-corrected chi connectivity index (χ3v) is 4.08. The summed E-state index contributed by atoms with van der Waals surface area (Å²) in [4.78, 5) is 34.0. The zero-order chi connectivity index (χ0) is 16.5. The SMILES string of the molecule is O=C(Nc1cnn(-c2ncccn2)c1)NC1CC(=O)N(C2CC2)C1. The van der Waals surface area contributed by atoms with Crippen LogP contribution in [0.4, 0.5) is 10.5 Å². The molecule has 24 heavy (non-hydrogen) atoms. The molecule has 1 aliphatic carbocycles. The third kappa shape index (κ3) is 3.05. The molecular formula is C15H17N7O2. The van der Waals surface area contributed by atoms with Crippen LogP contribution in [-0.4, -0.2) is 55.2 Å². The molecule has 3 amide bonds. The van der Waals surface area contributed by atoms with E-state index in [0.29, 0.717) is 30.6 Å². The van der Waals surface area contributed by atoms with Crippen LogP contribution in [0.2, 0.25) is 0 Å². The molecule has 1 saturated carbocycles. The first-order valence-electron chi connectivity index (χ1n) is 7.88. The van der Waals surface area contributed by atoms with E-state index >= 15 is 0 Å². The van der Waals surface area contributed by atoms with Crippen molar-refractivity contribution in [2.45, 2.75) is 31.3 Å². The molecule has 1 aliphatic heterocycles. The maximum atomic E-state index is 12.1. The third-order valence-electron chi connectivity index (χ3n) is 4.08. The lowest BCUT2D eigenvalue weighted by atomic mass is 10.2. The summed E-state index contributed by atoms with van der Waals surface area (Å²) in [6.07, 6.45) is 8.90. The van der Waals surface area contributed by atoms with Gasteiger partial charge < -0.3 is 15.5 Å². The van der Waals surface area contributed by atoms with E-state index in [1.807, 2.05) is 4.90 Å². The van der Waals surface area contributed by atoms with Gasteiger partial charge in [-0.1, -0.05) is 0 Å². The molecule has 0 aromatic carbocycles. The van der Waals surface area contributed by atoms with Gasteiger partial charge in [0.1, 0.15) is 0 Å². The zero-order valence-electron chi connectivity index (χ0n) is 12.9. The molecule has 1 atom stereocenters. The van der Waals surface area contributed by atoms with E-state index in [2.05, 4.69) is 25.7 Å². The van der Waals surface area contributed by atoms with E-state index in [1.165, 1.54) is 10.9 Å². The fourth-order valence-electron chi connectivity index (χ4n) is 2.83. The first-order valence-corrected chi connectivity index (χ1v) is 7.88. The number of hydrogen-bond acceptors (Lipinski definition) is 5. The highest BCUT2D eigenvalue weighted by Gasteiger charge is 2.39. The average molecular weight is 327 g/mol. The van der Waals surface area contributed by atoms with Gasteiger partial charge in [-0.25, -0.2) is 19.4 Å². The number of likely N-dealkylation sites (tertiary alicyclic amines) is 1. The highest BCUT2D eigenvalue weighted by molar-refractivity contribution is 5.90. The van der Waals surface area contributed by atoms with Crippen LogP contribution < -0.4 is 10.6 Å². The van der Waals surface area contributed by atoms with Gasteiger partial charge in [-0.15, -0.1) is 0 Å². The topological polar surface area (TPSA) is 105 Å². The Bertz CT molecular complexity index is 756.